The maximum atomic E-state index is 6.25. The zero-order chi connectivity index (χ0) is 20.6. The summed E-state index contributed by atoms with van der Waals surface area (Å²) in [6, 6.07) is 13.4. The van der Waals surface area contributed by atoms with Gasteiger partial charge in [0.25, 0.3) is 0 Å². The molecule has 3 aromatic rings. The van der Waals surface area contributed by atoms with Gasteiger partial charge in [-0.05, 0) is 36.2 Å². The Balaban J connectivity index is 1.65. The first kappa shape index (κ1) is 20.1. The Kier molecular flexibility index (Phi) is 6.57. The van der Waals surface area contributed by atoms with Crippen LogP contribution in [0.1, 0.15) is 5.56 Å². The van der Waals surface area contributed by atoms with Gasteiger partial charge in [-0.2, -0.15) is 0 Å². The molecule has 0 radical (unpaired) electrons. The number of aromatic nitrogens is 2. The monoisotopic (exact) mass is 395 g/mol. The lowest BCUT2D eigenvalue weighted by molar-refractivity contribution is 0.354. The van der Waals surface area contributed by atoms with Crippen molar-refractivity contribution in [1.82, 2.24) is 9.97 Å². The summed E-state index contributed by atoms with van der Waals surface area (Å²) < 4.78 is 15.9. The molecule has 0 bridgehead atoms. The Morgan fingerprint density at radius 1 is 0.897 bits per heavy atom. The molecule has 0 saturated carbocycles. The highest BCUT2D eigenvalue weighted by atomic mass is 16.5. The number of hydrogen-bond donors (Lipinski definition) is 3. The van der Waals surface area contributed by atoms with Crippen LogP contribution < -0.4 is 30.6 Å². The van der Waals surface area contributed by atoms with E-state index in [4.69, 9.17) is 19.9 Å². The van der Waals surface area contributed by atoms with E-state index in [1.54, 1.807) is 21.3 Å². The second-order valence-electron chi connectivity index (χ2n) is 6.21. The molecule has 0 aliphatic heterocycles. The number of benzene rings is 2. The van der Waals surface area contributed by atoms with Crippen LogP contribution in [0.15, 0.2) is 48.8 Å². The number of nitrogen functional groups attached to an aromatic ring is 1. The van der Waals surface area contributed by atoms with Gasteiger partial charge in [-0.25, -0.2) is 9.97 Å². The summed E-state index contributed by atoms with van der Waals surface area (Å²) in [5, 5.41) is 6.46. The SMILES string of the molecule is COc1cccc(Nc2ncnc(NCCc3ccc(OC)c(OC)c3)c2N)c1. The predicted molar refractivity (Wildman–Crippen MR) is 114 cm³/mol. The Hall–Kier alpha value is -3.68. The fraction of sp³-hybridized carbons (Fsp3) is 0.238. The third kappa shape index (κ3) is 4.98. The minimum Gasteiger partial charge on any atom is -0.497 e. The van der Waals surface area contributed by atoms with Gasteiger partial charge in [0.1, 0.15) is 17.8 Å². The lowest BCUT2D eigenvalue weighted by Gasteiger charge is -2.13. The number of hydrogen-bond acceptors (Lipinski definition) is 8. The number of nitrogens with two attached hydrogens (primary N) is 1. The van der Waals surface area contributed by atoms with Crippen molar-refractivity contribution in [3.8, 4) is 17.2 Å². The molecular weight excluding hydrogens is 370 g/mol. The Morgan fingerprint density at radius 3 is 2.45 bits per heavy atom. The fourth-order valence-corrected chi connectivity index (χ4v) is 2.83. The average Bonchev–Trinajstić information content (AvgIpc) is 2.76. The van der Waals surface area contributed by atoms with E-state index in [0.717, 1.165) is 23.4 Å². The van der Waals surface area contributed by atoms with E-state index in [0.29, 0.717) is 35.4 Å². The largest absolute Gasteiger partial charge is 0.497 e. The number of methoxy groups -OCH3 is 3. The summed E-state index contributed by atoms with van der Waals surface area (Å²) in [5.41, 5.74) is 8.63. The van der Waals surface area contributed by atoms with Crippen molar-refractivity contribution in [3.63, 3.8) is 0 Å². The summed E-state index contributed by atoms with van der Waals surface area (Å²) in [6.45, 7) is 0.648. The van der Waals surface area contributed by atoms with Crippen LogP contribution in [0.4, 0.5) is 23.0 Å². The third-order valence-corrected chi connectivity index (χ3v) is 4.37. The van der Waals surface area contributed by atoms with Gasteiger partial charge in [-0.3, -0.25) is 0 Å². The van der Waals surface area contributed by atoms with Crippen molar-refractivity contribution in [1.29, 1.82) is 0 Å². The Morgan fingerprint density at radius 2 is 1.69 bits per heavy atom. The van der Waals surface area contributed by atoms with E-state index in [1.165, 1.54) is 6.33 Å². The molecule has 4 N–H and O–H groups in total. The fourth-order valence-electron chi connectivity index (χ4n) is 2.83. The van der Waals surface area contributed by atoms with Crippen LogP contribution >= 0.6 is 0 Å². The molecular formula is C21H25N5O3. The summed E-state index contributed by atoms with van der Waals surface area (Å²) in [4.78, 5) is 8.49. The van der Waals surface area contributed by atoms with Crippen LogP contribution in [0, 0.1) is 0 Å². The molecule has 152 valence electrons. The minimum atomic E-state index is 0.447. The second kappa shape index (κ2) is 9.50. The quantitative estimate of drug-likeness (QED) is 0.506. The Bertz CT molecular complexity index is 965. The minimum absolute atomic E-state index is 0.447. The van der Waals surface area contributed by atoms with Crippen LogP contribution in [-0.4, -0.2) is 37.8 Å². The first-order chi connectivity index (χ1) is 14.1. The highest BCUT2D eigenvalue weighted by molar-refractivity contribution is 5.77. The van der Waals surface area contributed by atoms with E-state index in [1.807, 2.05) is 42.5 Å². The van der Waals surface area contributed by atoms with Gasteiger partial charge in [-0.1, -0.05) is 12.1 Å². The molecule has 1 aromatic heterocycles. The molecule has 0 aliphatic carbocycles. The van der Waals surface area contributed by atoms with Gasteiger partial charge in [0.15, 0.2) is 23.1 Å². The number of nitrogens with one attached hydrogen (secondary N) is 2. The molecule has 29 heavy (non-hydrogen) atoms. The van der Waals surface area contributed by atoms with Crippen molar-refractivity contribution in [2.45, 2.75) is 6.42 Å². The van der Waals surface area contributed by atoms with E-state index in [2.05, 4.69) is 20.6 Å². The predicted octanol–water partition coefficient (Wildman–Crippen LogP) is 3.48. The third-order valence-electron chi connectivity index (χ3n) is 4.37. The molecule has 2 aromatic carbocycles. The molecule has 0 aliphatic rings. The van der Waals surface area contributed by atoms with Gasteiger partial charge in [0.2, 0.25) is 0 Å². The molecule has 0 amide bonds. The van der Waals surface area contributed by atoms with Gasteiger partial charge in [-0.15, -0.1) is 0 Å². The number of ether oxygens (including phenoxy) is 3. The highest BCUT2D eigenvalue weighted by Crippen LogP contribution is 2.29. The molecule has 8 heteroatoms. The molecule has 3 rings (SSSR count). The summed E-state index contributed by atoms with van der Waals surface area (Å²) >= 11 is 0. The van der Waals surface area contributed by atoms with Crippen LogP contribution in [0.5, 0.6) is 17.2 Å². The topological polar surface area (TPSA) is 104 Å². The summed E-state index contributed by atoms with van der Waals surface area (Å²) in [6.07, 6.45) is 2.24. The molecule has 1 heterocycles. The number of anilines is 4. The lowest BCUT2D eigenvalue weighted by Crippen LogP contribution is -2.11. The first-order valence-corrected chi connectivity index (χ1v) is 9.11. The molecule has 0 fully saturated rings. The van der Waals surface area contributed by atoms with Gasteiger partial charge >= 0.3 is 0 Å². The maximum Gasteiger partial charge on any atom is 0.160 e. The van der Waals surface area contributed by atoms with E-state index in [-0.39, 0.29) is 0 Å². The van der Waals surface area contributed by atoms with Crippen molar-refractivity contribution in [3.05, 3.63) is 54.4 Å². The van der Waals surface area contributed by atoms with Crippen LogP contribution in [-0.2, 0) is 6.42 Å². The highest BCUT2D eigenvalue weighted by Gasteiger charge is 2.09. The zero-order valence-corrected chi connectivity index (χ0v) is 16.7. The van der Waals surface area contributed by atoms with E-state index < -0.39 is 0 Å². The van der Waals surface area contributed by atoms with E-state index in [9.17, 15) is 0 Å². The van der Waals surface area contributed by atoms with Crippen molar-refractivity contribution in [2.24, 2.45) is 0 Å². The van der Waals surface area contributed by atoms with Crippen molar-refractivity contribution < 1.29 is 14.2 Å². The summed E-state index contributed by atoms with van der Waals surface area (Å²) in [5.74, 6) is 3.26. The smallest absolute Gasteiger partial charge is 0.160 e. The summed E-state index contributed by atoms with van der Waals surface area (Å²) in [7, 11) is 4.87. The van der Waals surface area contributed by atoms with Crippen LogP contribution in [0.3, 0.4) is 0 Å². The molecule has 8 nitrogen and oxygen atoms in total. The maximum absolute atomic E-state index is 6.25. The first-order valence-electron chi connectivity index (χ1n) is 9.11. The molecule has 0 saturated heterocycles. The number of nitrogens with zero attached hydrogens (tertiary/aromatic N) is 2. The molecule has 0 atom stereocenters. The van der Waals surface area contributed by atoms with Gasteiger partial charge < -0.3 is 30.6 Å². The van der Waals surface area contributed by atoms with Crippen LogP contribution in [0.2, 0.25) is 0 Å². The lowest BCUT2D eigenvalue weighted by atomic mass is 10.1. The second-order valence-corrected chi connectivity index (χ2v) is 6.21. The molecule has 0 unspecified atom stereocenters. The standard InChI is InChI=1S/C21H25N5O3/c1-27-16-6-4-5-15(12-16)26-21-19(22)20(24-13-25-21)23-10-9-14-7-8-17(28-2)18(11-14)29-3/h4-8,11-13H,9-10,22H2,1-3H3,(H2,23,24,25,26). The Labute approximate surface area is 170 Å². The van der Waals surface area contributed by atoms with Crippen molar-refractivity contribution in [2.75, 3.05) is 44.2 Å². The normalized spacial score (nSPS) is 10.3. The van der Waals surface area contributed by atoms with Crippen LogP contribution in [0.25, 0.3) is 0 Å². The average molecular weight is 395 g/mol. The van der Waals surface area contributed by atoms with Gasteiger partial charge in [0, 0.05) is 18.3 Å². The van der Waals surface area contributed by atoms with Crippen molar-refractivity contribution >= 4 is 23.0 Å². The van der Waals surface area contributed by atoms with Gasteiger partial charge in [0.05, 0.1) is 21.3 Å². The van der Waals surface area contributed by atoms with E-state index >= 15 is 0 Å². The molecule has 0 spiro atoms. The number of rotatable bonds is 9. The zero-order valence-electron chi connectivity index (χ0n) is 16.7.